The summed E-state index contributed by atoms with van der Waals surface area (Å²) in [6.07, 6.45) is 13.8. The Morgan fingerprint density at radius 2 is 1.84 bits per heavy atom. The minimum Gasteiger partial charge on any atom is -0.456 e. The monoisotopic (exact) mass is 634 g/mol. The van der Waals surface area contributed by atoms with E-state index in [1.165, 1.54) is 25.9 Å². The van der Waals surface area contributed by atoms with Crippen LogP contribution in [-0.2, 0) is 42.7 Å². The van der Waals surface area contributed by atoms with Crippen LogP contribution < -0.4 is 0 Å². The summed E-state index contributed by atoms with van der Waals surface area (Å²) in [5, 5.41) is 20.4. The Bertz CT molecular complexity index is 1080. The van der Waals surface area contributed by atoms with Gasteiger partial charge in [-0.15, -0.1) is 0 Å². The zero-order valence-corrected chi connectivity index (χ0v) is 26.8. The first-order valence-electron chi connectivity index (χ1n) is 15.8. The van der Waals surface area contributed by atoms with Crippen molar-refractivity contribution >= 4 is 5.97 Å². The third-order valence-corrected chi connectivity index (χ3v) is 8.37. The third-order valence-electron chi connectivity index (χ3n) is 8.37. The van der Waals surface area contributed by atoms with Crippen LogP contribution in [0.2, 0.25) is 0 Å². The lowest BCUT2D eigenvalue weighted by Crippen LogP contribution is -2.38. The number of ether oxygens (including phenoxy) is 8. The molecular formula is C34H50O11. The van der Waals surface area contributed by atoms with Crippen molar-refractivity contribution in [2.45, 2.75) is 121 Å². The highest BCUT2D eigenvalue weighted by Crippen LogP contribution is 2.37. The van der Waals surface area contributed by atoms with E-state index in [2.05, 4.69) is 19.6 Å². The highest BCUT2D eigenvalue weighted by Gasteiger charge is 2.49. The number of rotatable bonds is 9. The Balaban J connectivity index is 1.58. The fourth-order valence-corrected chi connectivity index (χ4v) is 6.07. The molecule has 2 bridgehead atoms. The van der Waals surface area contributed by atoms with Crippen LogP contribution in [0.5, 0.6) is 0 Å². The maximum atomic E-state index is 13.1. The molecule has 45 heavy (non-hydrogen) atoms. The molecule has 252 valence electrons. The quantitative estimate of drug-likeness (QED) is 0.165. The van der Waals surface area contributed by atoms with Gasteiger partial charge < -0.3 is 48.1 Å². The maximum Gasteiger partial charge on any atom is 0.330 e. The molecule has 11 heteroatoms. The van der Waals surface area contributed by atoms with Crippen LogP contribution in [-0.4, -0.2) is 98.8 Å². The number of aliphatic hydroxyl groups excluding tert-OH is 2. The van der Waals surface area contributed by atoms with Crippen molar-refractivity contribution in [3.8, 4) is 0 Å². The van der Waals surface area contributed by atoms with E-state index in [9.17, 15) is 15.0 Å². The molecule has 1 saturated heterocycles. The number of methoxy groups -OCH3 is 2. The van der Waals surface area contributed by atoms with Gasteiger partial charge in [0.1, 0.15) is 18.3 Å². The van der Waals surface area contributed by atoms with Gasteiger partial charge in [0, 0.05) is 26.7 Å². The fourth-order valence-electron chi connectivity index (χ4n) is 6.07. The van der Waals surface area contributed by atoms with Crippen LogP contribution in [0.3, 0.4) is 0 Å². The molecule has 2 N–H and O–H groups in total. The molecule has 4 aliphatic rings. The van der Waals surface area contributed by atoms with Crippen LogP contribution in [0.25, 0.3) is 0 Å². The van der Waals surface area contributed by atoms with E-state index in [1.54, 1.807) is 12.2 Å². The Labute approximate surface area is 266 Å². The van der Waals surface area contributed by atoms with E-state index in [0.29, 0.717) is 31.8 Å². The summed E-state index contributed by atoms with van der Waals surface area (Å²) in [7, 11) is 2.66. The predicted octanol–water partition coefficient (Wildman–Crippen LogP) is 4.00. The lowest BCUT2D eigenvalue weighted by atomic mass is 9.90. The summed E-state index contributed by atoms with van der Waals surface area (Å²) < 4.78 is 45.7. The van der Waals surface area contributed by atoms with Crippen molar-refractivity contribution < 1.29 is 52.9 Å². The van der Waals surface area contributed by atoms with Gasteiger partial charge >= 0.3 is 5.97 Å². The number of carbonyl (C=O) groups is 1. The Kier molecular flexibility index (Phi) is 14.0. The number of hydrogen-bond acceptors (Lipinski definition) is 11. The molecule has 0 saturated carbocycles. The summed E-state index contributed by atoms with van der Waals surface area (Å²) in [5.41, 5.74) is 2.17. The van der Waals surface area contributed by atoms with Crippen LogP contribution in [0.4, 0.5) is 0 Å². The Morgan fingerprint density at radius 3 is 2.60 bits per heavy atom. The summed E-state index contributed by atoms with van der Waals surface area (Å²) in [6, 6.07) is 0. The Hall–Kier alpha value is -2.19. The number of esters is 1. The number of fused-ring (bicyclic) bond motifs is 3. The normalized spacial score (nSPS) is 36.2. The van der Waals surface area contributed by atoms with Gasteiger partial charge in [0.2, 0.25) is 0 Å². The van der Waals surface area contributed by atoms with Crippen LogP contribution in [0.1, 0.15) is 58.8 Å². The van der Waals surface area contributed by atoms with E-state index >= 15 is 0 Å². The number of hydrogen-bond donors (Lipinski definition) is 2. The van der Waals surface area contributed by atoms with E-state index in [1.807, 2.05) is 25.2 Å². The molecule has 0 aliphatic carbocycles. The van der Waals surface area contributed by atoms with Crippen molar-refractivity contribution in [1.29, 1.82) is 0 Å². The topological polar surface area (TPSA) is 135 Å². The molecule has 11 atom stereocenters. The average molecular weight is 635 g/mol. The lowest BCUT2D eigenvalue weighted by Gasteiger charge is -2.29. The molecule has 4 heterocycles. The molecule has 0 spiro atoms. The molecule has 11 nitrogen and oxygen atoms in total. The van der Waals surface area contributed by atoms with Gasteiger partial charge in [-0.3, -0.25) is 0 Å². The van der Waals surface area contributed by atoms with Gasteiger partial charge in [-0.2, -0.15) is 0 Å². The second-order valence-electron chi connectivity index (χ2n) is 12.3. The number of epoxide rings is 1. The van der Waals surface area contributed by atoms with Crippen molar-refractivity contribution in [2.24, 2.45) is 5.92 Å². The van der Waals surface area contributed by atoms with Gasteiger partial charge in [0.05, 0.1) is 37.1 Å². The lowest BCUT2D eigenvalue weighted by molar-refractivity contribution is -0.275. The van der Waals surface area contributed by atoms with Crippen LogP contribution in [0.15, 0.2) is 60.3 Å². The molecule has 0 amide bonds. The van der Waals surface area contributed by atoms with Gasteiger partial charge in [-0.25, -0.2) is 4.79 Å². The van der Waals surface area contributed by atoms with Gasteiger partial charge in [-0.05, 0) is 51.4 Å². The zero-order valence-electron chi connectivity index (χ0n) is 26.8. The zero-order chi connectivity index (χ0) is 32.3. The average Bonchev–Trinajstić information content (AvgIpc) is 3.77. The molecule has 0 aromatic carbocycles. The van der Waals surface area contributed by atoms with Gasteiger partial charge in [0.25, 0.3) is 13.0 Å². The minimum absolute atomic E-state index is 0.0641. The first kappa shape index (κ1) is 35.7. The second-order valence-corrected chi connectivity index (χ2v) is 12.3. The summed E-state index contributed by atoms with van der Waals surface area (Å²) in [6.45, 7) is 6.01. The largest absolute Gasteiger partial charge is 0.456 e. The number of cyclic esters (lactones) is 1. The van der Waals surface area contributed by atoms with E-state index in [-0.39, 0.29) is 24.7 Å². The molecule has 4 aliphatic heterocycles. The van der Waals surface area contributed by atoms with Gasteiger partial charge in [0.15, 0.2) is 0 Å². The SMILES string of the molecule is C=C1C[C@H](C)C[C@@H]2CC=C[C@@H](C/C=C\C(=O)O[C@H]([C@H](/C=C/[C@@H]3CC(C)=CCO3)OC(O)OC)C[C@@H]3O[C@H]3[C@@H](OC(O)OC)C1)O2. The van der Waals surface area contributed by atoms with Crippen molar-refractivity contribution in [3.63, 3.8) is 0 Å². The van der Waals surface area contributed by atoms with E-state index < -0.39 is 49.4 Å². The smallest absolute Gasteiger partial charge is 0.330 e. The molecule has 4 rings (SSSR count). The third kappa shape index (κ3) is 11.8. The molecule has 0 aromatic rings. The maximum absolute atomic E-state index is 13.1. The van der Waals surface area contributed by atoms with Crippen molar-refractivity contribution in [3.05, 3.63) is 60.3 Å². The predicted molar refractivity (Wildman–Crippen MR) is 165 cm³/mol. The molecule has 0 aromatic heterocycles. The second kappa shape index (κ2) is 17.7. The van der Waals surface area contributed by atoms with E-state index in [4.69, 9.17) is 37.9 Å². The highest BCUT2D eigenvalue weighted by atomic mass is 16.8. The first-order chi connectivity index (χ1) is 21.6. The van der Waals surface area contributed by atoms with Crippen molar-refractivity contribution in [1.82, 2.24) is 0 Å². The first-order valence-corrected chi connectivity index (χ1v) is 15.8. The van der Waals surface area contributed by atoms with E-state index in [0.717, 1.165) is 24.8 Å². The summed E-state index contributed by atoms with van der Waals surface area (Å²) >= 11 is 0. The van der Waals surface area contributed by atoms with Crippen LogP contribution >= 0.6 is 0 Å². The number of aliphatic hydroxyl groups is 2. The standard InChI is InChI=1S/C34H50O11/c1-21-14-15-40-25(17-21)12-13-27(44-33(36)38-4)28-20-30-32(43-30)29(45-34(37)39-5)19-23(3)16-22(2)18-26-10-6-8-24(41-26)9-7-11-31(35)42-28/h6-8,11-14,22,24-30,32-34,36-37H,3,9-10,15-20H2,1-2,4-5H3/b11-7-,13-12+/t22-,24-,25+,26-,27-,28-,29-,30-,32-,33?,34?/m0/s1. The molecule has 0 radical (unpaired) electrons. The van der Waals surface area contributed by atoms with Gasteiger partial charge in [-0.1, -0.05) is 61.1 Å². The van der Waals surface area contributed by atoms with Crippen LogP contribution in [0, 0.1) is 5.92 Å². The van der Waals surface area contributed by atoms with Crippen molar-refractivity contribution in [2.75, 3.05) is 20.8 Å². The molecule has 2 unspecified atom stereocenters. The Morgan fingerprint density at radius 1 is 1.04 bits per heavy atom. The minimum atomic E-state index is -1.56. The molecule has 1 fully saturated rings. The number of carbonyl (C=O) groups excluding carboxylic acids is 1. The fraction of sp³-hybridized carbons (Fsp3) is 0.676. The summed E-state index contributed by atoms with van der Waals surface area (Å²) in [4.78, 5) is 13.1. The summed E-state index contributed by atoms with van der Waals surface area (Å²) in [5.74, 6) is -0.252. The molecular weight excluding hydrogens is 584 g/mol. The highest BCUT2D eigenvalue weighted by molar-refractivity contribution is 5.82.